The van der Waals surface area contributed by atoms with Gasteiger partial charge in [-0.1, -0.05) is 54.5 Å². The molecule has 6 heteroatoms. The molecule has 1 N–H and O–H groups in total. The van der Waals surface area contributed by atoms with Gasteiger partial charge in [0.2, 0.25) is 5.88 Å². The normalized spacial score (nSPS) is 14.5. The summed E-state index contributed by atoms with van der Waals surface area (Å²) in [4.78, 5) is 14.8. The molecule has 0 spiro atoms. The summed E-state index contributed by atoms with van der Waals surface area (Å²) >= 11 is 0. The van der Waals surface area contributed by atoms with Crippen LogP contribution in [0.15, 0.2) is 59.5 Å². The zero-order valence-corrected chi connectivity index (χ0v) is 16.8. The number of aromatic hydroxyl groups is 1. The van der Waals surface area contributed by atoms with Gasteiger partial charge < -0.3 is 9.84 Å². The highest BCUT2D eigenvalue weighted by atomic mass is 16.5. The molecule has 1 saturated heterocycles. The van der Waals surface area contributed by atoms with Gasteiger partial charge in [0.1, 0.15) is 0 Å². The van der Waals surface area contributed by atoms with Crippen LogP contribution in [0.5, 0.6) is 5.88 Å². The van der Waals surface area contributed by atoms with E-state index in [4.69, 9.17) is 11.2 Å². The minimum absolute atomic E-state index is 0.0521. The molecule has 0 saturated carbocycles. The van der Waals surface area contributed by atoms with E-state index < -0.39 is 0 Å². The number of ether oxygens (including phenoxy) is 1. The zero-order chi connectivity index (χ0) is 20.9. The first-order valence-electron chi connectivity index (χ1n) is 10.1. The highest BCUT2D eigenvalue weighted by molar-refractivity contribution is 5.67. The van der Waals surface area contributed by atoms with Gasteiger partial charge >= 0.3 is 5.69 Å². The maximum Gasteiger partial charge on any atom is 0.332 e. The molecule has 0 atom stereocenters. The number of hydrogen-bond acceptors (Lipinski definition) is 4. The fourth-order valence-corrected chi connectivity index (χ4v) is 3.80. The number of imidazole rings is 1. The van der Waals surface area contributed by atoms with Gasteiger partial charge in [-0.2, -0.15) is 0 Å². The third-order valence-corrected chi connectivity index (χ3v) is 5.41. The molecule has 0 aliphatic carbocycles. The number of aromatic nitrogens is 2. The van der Waals surface area contributed by atoms with Crippen molar-refractivity contribution in [2.45, 2.75) is 19.6 Å². The van der Waals surface area contributed by atoms with Gasteiger partial charge in [0.15, 0.2) is 0 Å². The molecular weight excluding hydrogens is 378 g/mol. The van der Waals surface area contributed by atoms with Crippen molar-refractivity contribution in [3.05, 3.63) is 76.3 Å². The molecular formula is C24H25N3O3. The van der Waals surface area contributed by atoms with Gasteiger partial charge in [-0.25, -0.2) is 4.79 Å². The molecule has 1 aliphatic rings. The smallest absolute Gasteiger partial charge is 0.332 e. The molecule has 1 aliphatic heterocycles. The summed E-state index contributed by atoms with van der Waals surface area (Å²) in [5.74, 6) is 2.26. The minimum Gasteiger partial charge on any atom is -0.493 e. The largest absolute Gasteiger partial charge is 0.493 e. The average molecular weight is 403 g/mol. The van der Waals surface area contributed by atoms with Crippen molar-refractivity contribution in [2.24, 2.45) is 0 Å². The van der Waals surface area contributed by atoms with Crippen molar-refractivity contribution >= 4 is 0 Å². The Hall–Kier alpha value is -3.27. The molecule has 4 rings (SSSR count). The standard InChI is InChI=1S/C24H25N3O3/c1-2-11-27-23(28)18-26(24(27)29)16-19-7-9-20(10-8-19)22-6-4-3-5-21(22)17-25-12-14-30-15-13-25/h1,3-10,18,28H,11-17H2. The maximum atomic E-state index is 12.4. The lowest BCUT2D eigenvalue weighted by Crippen LogP contribution is -2.35. The number of hydrogen-bond donors (Lipinski definition) is 1. The highest BCUT2D eigenvalue weighted by Gasteiger charge is 2.14. The number of rotatable bonds is 6. The number of terminal acetylenes is 1. The topological polar surface area (TPSA) is 59.6 Å². The van der Waals surface area contributed by atoms with Crippen molar-refractivity contribution in [3.63, 3.8) is 0 Å². The SMILES string of the molecule is C#CCn1c(O)cn(Cc2ccc(-c3ccccc3CN3CCOCC3)cc2)c1=O. The van der Waals surface area contributed by atoms with Gasteiger partial charge in [0, 0.05) is 19.6 Å². The van der Waals surface area contributed by atoms with Crippen LogP contribution in [0.4, 0.5) is 0 Å². The molecule has 2 heterocycles. The van der Waals surface area contributed by atoms with E-state index in [0.29, 0.717) is 6.54 Å². The van der Waals surface area contributed by atoms with Crippen LogP contribution in [0.3, 0.4) is 0 Å². The second kappa shape index (κ2) is 9.04. The fraction of sp³-hybridized carbons (Fsp3) is 0.292. The molecule has 0 radical (unpaired) electrons. The predicted molar refractivity (Wildman–Crippen MR) is 116 cm³/mol. The van der Waals surface area contributed by atoms with Crippen LogP contribution in [-0.2, 0) is 24.4 Å². The highest BCUT2D eigenvalue weighted by Crippen LogP contribution is 2.25. The quantitative estimate of drug-likeness (QED) is 0.643. The van der Waals surface area contributed by atoms with Gasteiger partial charge in [-0.05, 0) is 22.3 Å². The molecule has 1 fully saturated rings. The third-order valence-electron chi connectivity index (χ3n) is 5.41. The minimum atomic E-state index is -0.314. The van der Waals surface area contributed by atoms with E-state index in [1.54, 1.807) is 0 Å². The van der Waals surface area contributed by atoms with Crippen molar-refractivity contribution in [1.82, 2.24) is 14.0 Å². The maximum absolute atomic E-state index is 12.4. The third kappa shape index (κ3) is 4.33. The van der Waals surface area contributed by atoms with E-state index in [-0.39, 0.29) is 18.1 Å². The second-order valence-electron chi connectivity index (χ2n) is 7.43. The summed E-state index contributed by atoms with van der Waals surface area (Å²) in [6, 6.07) is 16.7. The first kappa shape index (κ1) is 20.0. The van der Waals surface area contributed by atoms with Crippen LogP contribution < -0.4 is 5.69 Å². The Morgan fingerprint density at radius 2 is 1.77 bits per heavy atom. The van der Waals surface area contributed by atoms with E-state index in [1.165, 1.54) is 26.5 Å². The van der Waals surface area contributed by atoms with Crippen LogP contribution in [0.1, 0.15) is 11.1 Å². The Morgan fingerprint density at radius 1 is 1.03 bits per heavy atom. The first-order valence-corrected chi connectivity index (χ1v) is 10.1. The van der Waals surface area contributed by atoms with Crippen LogP contribution in [-0.4, -0.2) is 45.4 Å². The molecule has 6 nitrogen and oxygen atoms in total. The fourth-order valence-electron chi connectivity index (χ4n) is 3.80. The van der Waals surface area contributed by atoms with Crippen molar-refractivity contribution < 1.29 is 9.84 Å². The van der Waals surface area contributed by atoms with Gasteiger partial charge in [-0.3, -0.25) is 14.0 Å². The van der Waals surface area contributed by atoms with E-state index in [9.17, 15) is 9.90 Å². The lowest BCUT2D eigenvalue weighted by Gasteiger charge is -2.27. The average Bonchev–Trinajstić information content (AvgIpc) is 3.03. The Labute approximate surface area is 176 Å². The van der Waals surface area contributed by atoms with Crippen LogP contribution in [0, 0.1) is 12.3 Å². The molecule has 0 amide bonds. The Bertz CT molecular complexity index is 1100. The van der Waals surface area contributed by atoms with E-state index in [2.05, 4.69) is 47.2 Å². The van der Waals surface area contributed by atoms with Crippen molar-refractivity contribution in [1.29, 1.82) is 0 Å². The lowest BCUT2D eigenvalue weighted by atomic mass is 9.98. The second-order valence-corrected chi connectivity index (χ2v) is 7.43. The summed E-state index contributed by atoms with van der Waals surface area (Å²) in [6.07, 6.45) is 6.69. The van der Waals surface area contributed by atoms with Gasteiger partial charge in [-0.15, -0.1) is 6.42 Å². The number of nitrogens with zero attached hydrogens (tertiary/aromatic N) is 3. The summed E-state index contributed by atoms with van der Waals surface area (Å²) in [5.41, 5.74) is 4.31. The molecule has 0 bridgehead atoms. The Morgan fingerprint density at radius 3 is 2.50 bits per heavy atom. The number of benzene rings is 2. The predicted octanol–water partition coefficient (Wildman–Crippen LogP) is 2.54. The monoisotopic (exact) mass is 403 g/mol. The summed E-state index contributed by atoms with van der Waals surface area (Å²) < 4.78 is 8.10. The molecule has 3 aromatic rings. The van der Waals surface area contributed by atoms with Crippen molar-refractivity contribution in [3.8, 4) is 29.4 Å². The van der Waals surface area contributed by atoms with E-state index in [1.807, 2.05) is 12.1 Å². The molecule has 0 unspecified atom stereocenters. The Kier molecular flexibility index (Phi) is 6.03. The summed E-state index contributed by atoms with van der Waals surface area (Å²) in [5, 5.41) is 9.91. The zero-order valence-electron chi connectivity index (χ0n) is 16.8. The lowest BCUT2D eigenvalue weighted by molar-refractivity contribution is 0.0342. The van der Waals surface area contributed by atoms with Crippen LogP contribution >= 0.6 is 0 Å². The van der Waals surface area contributed by atoms with Crippen LogP contribution in [0.2, 0.25) is 0 Å². The molecule has 2 aromatic carbocycles. The summed E-state index contributed by atoms with van der Waals surface area (Å²) in [6.45, 7) is 4.81. The first-order chi connectivity index (χ1) is 14.7. The molecule has 30 heavy (non-hydrogen) atoms. The number of morpholine rings is 1. The molecule has 1 aromatic heterocycles. The van der Waals surface area contributed by atoms with Crippen LogP contribution in [0.25, 0.3) is 11.1 Å². The van der Waals surface area contributed by atoms with Gasteiger partial charge in [0.25, 0.3) is 0 Å². The summed E-state index contributed by atoms with van der Waals surface area (Å²) in [7, 11) is 0. The van der Waals surface area contributed by atoms with E-state index >= 15 is 0 Å². The van der Waals surface area contributed by atoms with Crippen molar-refractivity contribution in [2.75, 3.05) is 26.3 Å². The molecule has 154 valence electrons. The van der Waals surface area contributed by atoms with Gasteiger partial charge in [0.05, 0.1) is 32.5 Å². The Balaban J connectivity index is 1.53. The van der Waals surface area contributed by atoms with E-state index in [0.717, 1.165) is 44.0 Å².